The number of sulfonamides is 1. The number of anilines is 1. The lowest BCUT2D eigenvalue weighted by Crippen LogP contribution is -2.35. The van der Waals surface area contributed by atoms with E-state index in [9.17, 15) is 23.3 Å². The topological polar surface area (TPSA) is 119 Å². The van der Waals surface area contributed by atoms with Gasteiger partial charge in [-0.15, -0.1) is 0 Å². The Kier molecular flexibility index (Phi) is 8.35. The lowest BCUT2D eigenvalue weighted by molar-refractivity contribution is -0.384. The Morgan fingerprint density at radius 3 is 2.48 bits per heavy atom. The van der Waals surface area contributed by atoms with Gasteiger partial charge in [0.1, 0.15) is 5.69 Å². The van der Waals surface area contributed by atoms with E-state index in [1.54, 1.807) is 4.90 Å². The van der Waals surface area contributed by atoms with Crippen molar-refractivity contribution in [3.05, 3.63) is 28.3 Å². The van der Waals surface area contributed by atoms with Crippen molar-refractivity contribution in [3.8, 4) is 0 Å². The first-order valence-corrected chi connectivity index (χ1v) is 10.8. The van der Waals surface area contributed by atoms with E-state index in [1.165, 1.54) is 30.7 Å². The van der Waals surface area contributed by atoms with Crippen molar-refractivity contribution in [2.24, 2.45) is 0 Å². The molecule has 2 rings (SSSR count). The van der Waals surface area contributed by atoms with E-state index in [2.05, 4.69) is 4.74 Å². The number of hydrogen-bond acceptors (Lipinski definition) is 8. The number of hydrogen-bond donors (Lipinski definition) is 0. The zero-order valence-corrected chi connectivity index (χ0v) is 17.5. The van der Waals surface area contributed by atoms with Gasteiger partial charge in [-0.05, 0) is 25.0 Å². The third-order valence-corrected chi connectivity index (χ3v) is 6.71. The van der Waals surface area contributed by atoms with Crippen LogP contribution in [0.25, 0.3) is 0 Å². The van der Waals surface area contributed by atoms with Crippen molar-refractivity contribution in [2.75, 3.05) is 51.9 Å². The van der Waals surface area contributed by atoms with E-state index in [4.69, 9.17) is 4.74 Å². The highest BCUT2D eigenvalue weighted by molar-refractivity contribution is 7.89. The fourth-order valence-corrected chi connectivity index (χ4v) is 4.75. The summed E-state index contributed by atoms with van der Waals surface area (Å²) >= 11 is 0. The predicted octanol–water partition coefficient (Wildman–Crippen LogP) is 1.79. The SMILES string of the molecule is COCCN(CCC(=O)OC)c1ccc(S(=O)(=O)N2CCCCC2)cc1[N+](=O)[O-]. The van der Waals surface area contributed by atoms with Crippen LogP contribution in [0.2, 0.25) is 0 Å². The molecule has 0 bridgehead atoms. The van der Waals surface area contributed by atoms with Gasteiger partial charge in [0, 0.05) is 39.4 Å². The average Bonchev–Trinajstić information content (AvgIpc) is 2.73. The summed E-state index contributed by atoms with van der Waals surface area (Å²) in [7, 11) is -1.03. The number of piperidine rings is 1. The van der Waals surface area contributed by atoms with Gasteiger partial charge >= 0.3 is 5.97 Å². The summed E-state index contributed by atoms with van der Waals surface area (Å²) in [6, 6.07) is 3.89. The number of carbonyl (C=O) groups excluding carboxylic acids is 1. The molecule has 1 fully saturated rings. The first-order chi connectivity index (χ1) is 13.8. The summed E-state index contributed by atoms with van der Waals surface area (Å²) in [5, 5.41) is 11.7. The normalized spacial score (nSPS) is 15.1. The van der Waals surface area contributed by atoms with Gasteiger partial charge in [0.15, 0.2) is 0 Å². The van der Waals surface area contributed by atoms with Crippen molar-refractivity contribution in [2.45, 2.75) is 30.6 Å². The highest BCUT2D eigenvalue weighted by Gasteiger charge is 2.29. The van der Waals surface area contributed by atoms with E-state index < -0.39 is 20.9 Å². The molecule has 0 spiro atoms. The molecule has 29 heavy (non-hydrogen) atoms. The molecular formula is C18H27N3O7S. The number of ether oxygens (including phenoxy) is 2. The van der Waals surface area contributed by atoms with Crippen molar-refractivity contribution < 1.29 is 27.6 Å². The monoisotopic (exact) mass is 429 g/mol. The molecule has 10 nitrogen and oxygen atoms in total. The molecule has 0 saturated carbocycles. The summed E-state index contributed by atoms with van der Waals surface area (Å²) in [6.07, 6.45) is 2.56. The second-order valence-electron chi connectivity index (χ2n) is 6.68. The first-order valence-electron chi connectivity index (χ1n) is 9.40. The van der Waals surface area contributed by atoms with Gasteiger partial charge in [-0.3, -0.25) is 14.9 Å². The van der Waals surface area contributed by atoms with Crippen LogP contribution in [0.1, 0.15) is 25.7 Å². The molecule has 11 heteroatoms. The Morgan fingerprint density at radius 1 is 1.21 bits per heavy atom. The van der Waals surface area contributed by atoms with E-state index >= 15 is 0 Å². The van der Waals surface area contributed by atoms with Crippen molar-refractivity contribution in [1.29, 1.82) is 0 Å². The molecule has 0 atom stereocenters. The minimum absolute atomic E-state index is 0.0329. The van der Waals surface area contributed by atoms with E-state index in [0.717, 1.165) is 25.3 Å². The zero-order valence-electron chi connectivity index (χ0n) is 16.7. The molecular weight excluding hydrogens is 402 g/mol. The fraction of sp³-hybridized carbons (Fsp3) is 0.611. The molecule has 0 radical (unpaired) electrons. The summed E-state index contributed by atoms with van der Waals surface area (Å²) < 4.78 is 36.8. The Bertz CT molecular complexity index is 823. The molecule has 0 unspecified atom stereocenters. The third-order valence-electron chi connectivity index (χ3n) is 4.82. The van der Waals surface area contributed by atoms with E-state index in [0.29, 0.717) is 19.6 Å². The third kappa shape index (κ3) is 5.87. The van der Waals surface area contributed by atoms with Crippen molar-refractivity contribution in [3.63, 3.8) is 0 Å². The molecule has 1 aliphatic heterocycles. The smallest absolute Gasteiger partial charge is 0.307 e. The molecule has 0 aromatic heterocycles. The van der Waals surface area contributed by atoms with Crippen molar-refractivity contribution in [1.82, 2.24) is 4.31 Å². The number of methoxy groups -OCH3 is 2. The van der Waals surface area contributed by atoms with Gasteiger partial charge < -0.3 is 14.4 Å². The lowest BCUT2D eigenvalue weighted by atomic mass is 10.2. The van der Waals surface area contributed by atoms with Crippen LogP contribution in [-0.4, -0.2) is 70.6 Å². The second-order valence-corrected chi connectivity index (χ2v) is 8.62. The molecule has 1 heterocycles. The van der Waals surface area contributed by atoms with Gasteiger partial charge in [-0.2, -0.15) is 4.31 Å². The molecule has 0 N–H and O–H groups in total. The minimum atomic E-state index is -3.80. The van der Waals surface area contributed by atoms with Crippen molar-refractivity contribution >= 4 is 27.4 Å². The number of esters is 1. The van der Waals surface area contributed by atoms with Crippen LogP contribution in [0.5, 0.6) is 0 Å². The van der Waals surface area contributed by atoms with Gasteiger partial charge in [0.25, 0.3) is 5.69 Å². The number of nitrogens with zero attached hydrogens (tertiary/aromatic N) is 3. The summed E-state index contributed by atoms with van der Waals surface area (Å²) in [6.45, 7) is 1.59. The quantitative estimate of drug-likeness (QED) is 0.314. The summed E-state index contributed by atoms with van der Waals surface area (Å²) in [5.41, 5.74) is -0.0994. The number of nitro benzene ring substituents is 1. The molecule has 1 aromatic carbocycles. The van der Waals surface area contributed by atoms with Crippen LogP contribution in [0.4, 0.5) is 11.4 Å². The van der Waals surface area contributed by atoms with E-state index in [1.807, 2.05) is 0 Å². The molecule has 1 aliphatic rings. The molecule has 0 amide bonds. The minimum Gasteiger partial charge on any atom is -0.469 e. The van der Waals surface area contributed by atoms with Gasteiger partial charge in [0.05, 0.1) is 30.0 Å². The lowest BCUT2D eigenvalue weighted by Gasteiger charge is -2.27. The average molecular weight is 429 g/mol. The summed E-state index contributed by atoms with van der Waals surface area (Å²) in [4.78, 5) is 24.1. The highest BCUT2D eigenvalue weighted by atomic mass is 32.2. The maximum Gasteiger partial charge on any atom is 0.307 e. The Morgan fingerprint density at radius 2 is 1.90 bits per heavy atom. The Balaban J connectivity index is 2.37. The first kappa shape index (κ1) is 23.0. The van der Waals surface area contributed by atoms with Crippen LogP contribution in [0, 0.1) is 10.1 Å². The zero-order chi connectivity index (χ0) is 21.4. The van der Waals surface area contributed by atoms with Gasteiger partial charge in [-0.1, -0.05) is 6.42 Å². The summed E-state index contributed by atoms with van der Waals surface area (Å²) in [5.74, 6) is -0.445. The molecule has 1 aromatic rings. The molecule has 0 aliphatic carbocycles. The standard InChI is InChI=1S/C18H27N3O7S/c1-27-13-12-19(11-8-18(22)28-2)16-7-6-15(14-17(16)21(23)24)29(25,26)20-9-4-3-5-10-20/h6-7,14H,3-5,8-13H2,1-2H3. The Hall–Kier alpha value is -2.24. The van der Waals surface area contributed by atoms with Crippen LogP contribution >= 0.6 is 0 Å². The van der Waals surface area contributed by atoms with Gasteiger partial charge in [0.2, 0.25) is 10.0 Å². The number of nitro groups is 1. The molecule has 1 saturated heterocycles. The fourth-order valence-electron chi connectivity index (χ4n) is 3.21. The number of benzene rings is 1. The predicted molar refractivity (Wildman–Crippen MR) is 106 cm³/mol. The van der Waals surface area contributed by atoms with Crippen LogP contribution in [0.15, 0.2) is 23.1 Å². The number of rotatable bonds is 10. The van der Waals surface area contributed by atoms with E-state index in [-0.39, 0.29) is 35.8 Å². The van der Waals surface area contributed by atoms with Gasteiger partial charge in [-0.25, -0.2) is 8.42 Å². The highest BCUT2D eigenvalue weighted by Crippen LogP contribution is 2.32. The number of carbonyl (C=O) groups is 1. The largest absolute Gasteiger partial charge is 0.469 e. The Labute approximate surface area is 170 Å². The maximum absolute atomic E-state index is 12.9. The van der Waals surface area contributed by atoms with Crippen LogP contribution in [0.3, 0.4) is 0 Å². The van der Waals surface area contributed by atoms with Crippen LogP contribution < -0.4 is 4.90 Å². The second kappa shape index (κ2) is 10.5. The molecule has 162 valence electrons. The maximum atomic E-state index is 12.9. The van der Waals surface area contributed by atoms with Crippen LogP contribution in [-0.2, 0) is 24.3 Å².